The molecule has 112 valence electrons. The van der Waals surface area contributed by atoms with E-state index in [9.17, 15) is 0 Å². The maximum Gasteiger partial charge on any atom is 0.119 e. The topological polar surface area (TPSA) is 9.23 Å². The number of rotatable bonds is 2. The summed E-state index contributed by atoms with van der Waals surface area (Å²) < 4.78 is 6.56. The molecule has 1 aromatic carbocycles. The van der Waals surface area contributed by atoms with E-state index >= 15 is 0 Å². The van der Waals surface area contributed by atoms with Gasteiger partial charge in [0.25, 0.3) is 0 Å². The van der Waals surface area contributed by atoms with E-state index in [1.807, 2.05) is 0 Å². The molecule has 0 fully saturated rings. The number of hydrogen-bond acceptors (Lipinski definition) is 1. The summed E-state index contributed by atoms with van der Waals surface area (Å²) in [6.07, 6.45) is 0. The standard InChI is InChI=1S/C16H23Br2OP/c1-15(2,3)11-8-10(19-7)9-12(16(4,5)6)13(11)20-14(17)18/h8-9H,1-7H3. The van der Waals surface area contributed by atoms with Crippen LogP contribution >= 0.6 is 40.1 Å². The molecule has 1 aromatic rings. The van der Waals surface area contributed by atoms with E-state index in [1.54, 1.807) is 7.11 Å². The first kappa shape index (κ1) is 18.2. The molecule has 1 rings (SSSR count). The molecule has 0 saturated carbocycles. The highest BCUT2D eigenvalue weighted by Gasteiger charge is 2.26. The summed E-state index contributed by atoms with van der Waals surface area (Å²) in [5.41, 5.74) is 2.82. The van der Waals surface area contributed by atoms with Gasteiger partial charge in [0.05, 0.1) is 10.2 Å². The highest BCUT2D eigenvalue weighted by atomic mass is 79.9. The van der Waals surface area contributed by atoms with Gasteiger partial charge >= 0.3 is 0 Å². The van der Waals surface area contributed by atoms with Gasteiger partial charge in [0.15, 0.2) is 0 Å². The second-order valence-electron chi connectivity index (χ2n) is 6.92. The minimum atomic E-state index is 0.0757. The van der Waals surface area contributed by atoms with Crippen molar-refractivity contribution in [3.05, 3.63) is 23.3 Å². The van der Waals surface area contributed by atoms with Crippen LogP contribution in [0.1, 0.15) is 52.7 Å². The molecule has 0 amide bonds. The van der Waals surface area contributed by atoms with Crippen LogP contribution in [0.2, 0.25) is 0 Å². The van der Waals surface area contributed by atoms with Crippen LogP contribution in [-0.4, -0.2) is 10.2 Å². The number of benzene rings is 1. The van der Waals surface area contributed by atoms with Crippen LogP contribution in [0.15, 0.2) is 12.1 Å². The van der Waals surface area contributed by atoms with Crippen molar-refractivity contribution in [1.82, 2.24) is 0 Å². The normalized spacial score (nSPS) is 12.7. The van der Waals surface area contributed by atoms with Crippen LogP contribution in [-0.2, 0) is 10.8 Å². The van der Waals surface area contributed by atoms with Gasteiger partial charge in [-0.1, -0.05) is 41.5 Å². The Kier molecular flexibility index (Phi) is 5.92. The fourth-order valence-electron chi connectivity index (χ4n) is 2.07. The van der Waals surface area contributed by atoms with Gasteiger partial charge in [-0.2, -0.15) is 0 Å². The fraction of sp³-hybridized carbons (Fsp3) is 0.562. The minimum absolute atomic E-state index is 0.0757. The van der Waals surface area contributed by atoms with Gasteiger partial charge < -0.3 is 4.74 Å². The van der Waals surface area contributed by atoms with Crippen molar-refractivity contribution in [3.8, 4) is 5.75 Å². The lowest BCUT2D eigenvalue weighted by molar-refractivity contribution is 0.410. The van der Waals surface area contributed by atoms with E-state index in [2.05, 4.69) is 85.5 Å². The van der Waals surface area contributed by atoms with Crippen LogP contribution in [0, 0.1) is 0 Å². The molecule has 0 spiro atoms. The second kappa shape index (κ2) is 6.50. The van der Waals surface area contributed by atoms with Crippen molar-refractivity contribution in [3.63, 3.8) is 0 Å². The Labute approximate surface area is 141 Å². The lowest BCUT2D eigenvalue weighted by Crippen LogP contribution is -2.27. The van der Waals surface area contributed by atoms with Crippen LogP contribution in [0.25, 0.3) is 0 Å². The van der Waals surface area contributed by atoms with Gasteiger partial charge in [-0.25, -0.2) is 0 Å². The molecule has 0 saturated heterocycles. The fourth-order valence-corrected chi connectivity index (χ4v) is 4.35. The summed E-state index contributed by atoms with van der Waals surface area (Å²) in [5, 5.41) is 1.36. The molecule has 4 heteroatoms. The van der Waals surface area contributed by atoms with Crippen LogP contribution in [0.3, 0.4) is 0 Å². The molecule has 0 unspecified atom stereocenters. The van der Waals surface area contributed by atoms with E-state index in [-0.39, 0.29) is 10.8 Å². The van der Waals surface area contributed by atoms with E-state index in [0.717, 1.165) is 17.1 Å². The highest BCUT2D eigenvalue weighted by Crippen LogP contribution is 2.34. The van der Waals surface area contributed by atoms with Crippen molar-refractivity contribution >= 4 is 48.5 Å². The predicted octanol–water partition coefficient (Wildman–Crippen LogP) is 5.74. The summed E-state index contributed by atoms with van der Waals surface area (Å²) in [4.78, 5) is 0. The van der Waals surface area contributed by atoms with E-state index in [0.29, 0.717) is 0 Å². The van der Waals surface area contributed by atoms with Crippen LogP contribution < -0.4 is 10.0 Å². The highest BCUT2D eigenvalue weighted by molar-refractivity contribution is 9.41. The zero-order chi connectivity index (χ0) is 15.7. The third kappa shape index (κ3) is 4.58. The maximum atomic E-state index is 5.51. The summed E-state index contributed by atoms with van der Waals surface area (Å²) >= 11 is 7.08. The van der Waals surface area contributed by atoms with Gasteiger partial charge in [0, 0.05) is 5.30 Å². The summed E-state index contributed by atoms with van der Waals surface area (Å²) in [5.74, 6) is 0.935. The smallest absolute Gasteiger partial charge is 0.119 e. The van der Waals surface area contributed by atoms with Crippen LogP contribution in [0.4, 0.5) is 0 Å². The molecule has 1 nitrogen and oxygen atoms in total. The van der Waals surface area contributed by atoms with Crippen LogP contribution in [0.5, 0.6) is 5.75 Å². The quantitative estimate of drug-likeness (QED) is 0.553. The van der Waals surface area contributed by atoms with Crippen molar-refractivity contribution in [2.75, 3.05) is 7.11 Å². The Morgan fingerprint density at radius 2 is 1.35 bits per heavy atom. The zero-order valence-electron chi connectivity index (χ0n) is 13.3. The molecule has 0 atom stereocenters. The van der Waals surface area contributed by atoms with Gasteiger partial charge in [0.1, 0.15) is 5.75 Å². The maximum absolute atomic E-state index is 5.51. The predicted molar refractivity (Wildman–Crippen MR) is 99.8 cm³/mol. The third-order valence-electron chi connectivity index (χ3n) is 3.13. The molecule has 0 aliphatic carbocycles. The van der Waals surface area contributed by atoms with E-state index in [4.69, 9.17) is 4.74 Å². The second-order valence-corrected chi connectivity index (χ2v) is 11.9. The molecular weight excluding hydrogens is 399 g/mol. The summed E-state index contributed by atoms with van der Waals surface area (Å²) in [7, 11) is 2.89. The molecule has 0 heterocycles. The van der Waals surface area contributed by atoms with E-state index in [1.165, 1.54) is 16.4 Å². The third-order valence-corrected chi connectivity index (χ3v) is 5.07. The van der Waals surface area contributed by atoms with Crippen molar-refractivity contribution in [2.45, 2.75) is 52.4 Å². The molecule has 0 radical (unpaired) electrons. The monoisotopic (exact) mass is 420 g/mol. The Hall–Kier alpha value is 0.150. The Balaban J connectivity index is 3.77. The summed E-state index contributed by atoms with van der Waals surface area (Å²) in [6, 6.07) is 4.33. The number of hydrogen-bond donors (Lipinski definition) is 0. The van der Waals surface area contributed by atoms with Gasteiger partial charge in [0.2, 0.25) is 0 Å². The van der Waals surface area contributed by atoms with Crippen molar-refractivity contribution in [2.24, 2.45) is 0 Å². The molecule has 0 aromatic heterocycles. The minimum Gasteiger partial charge on any atom is -0.497 e. The first-order chi connectivity index (χ1) is 8.96. The number of halogens is 2. The van der Waals surface area contributed by atoms with Gasteiger partial charge in [-0.15, -0.1) is 0 Å². The van der Waals surface area contributed by atoms with Gasteiger partial charge in [-0.05, 0) is 74.2 Å². The van der Waals surface area contributed by atoms with Crippen molar-refractivity contribution in [1.29, 1.82) is 0 Å². The summed E-state index contributed by atoms with van der Waals surface area (Å²) in [6.45, 7) is 13.5. The molecule has 0 aliphatic rings. The Bertz CT molecular complexity index is 483. The average molecular weight is 422 g/mol. The van der Waals surface area contributed by atoms with Gasteiger partial charge in [-0.3, -0.25) is 0 Å². The van der Waals surface area contributed by atoms with E-state index < -0.39 is 0 Å². The largest absolute Gasteiger partial charge is 0.497 e. The zero-order valence-corrected chi connectivity index (χ0v) is 17.3. The first-order valence-electron chi connectivity index (χ1n) is 6.59. The van der Waals surface area contributed by atoms with Crippen molar-refractivity contribution < 1.29 is 4.74 Å². The Morgan fingerprint density at radius 3 is 1.60 bits per heavy atom. The SMILES string of the molecule is COc1cc(C(C)(C)C)c(P=C(Br)Br)c(C(C)(C)C)c1. The molecule has 0 bridgehead atoms. The lowest BCUT2D eigenvalue weighted by atomic mass is 9.80. The lowest BCUT2D eigenvalue weighted by Gasteiger charge is -2.29. The first-order valence-corrected chi connectivity index (χ1v) is 9.07. The molecule has 0 aliphatic heterocycles. The molecule has 20 heavy (non-hydrogen) atoms. The number of methoxy groups -OCH3 is 1. The number of ether oxygens (including phenoxy) is 1. The molecule has 0 N–H and O–H groups in total. The molecular formula is C16H23Br2OP. The average Bonchev–Trinajstić information content (AvgIpc) is 2.25. The Morgan fingerprint density at radius 1 is 0.950 bits per heavy atom.